The van der Waals surface area contributed by atoms with Gasteiger partial charge in [-0.25, -0.2) is 4.79 Å². The molecule has 0 spiro atoms. The molecule has 3 rings (SSSR count). The monoisotopic (exact) mass is 329 g/mol. The van der Waals surface area contributed by atoms with E-state index in [2.05, 4.69) is 23.7 Å². The molecule has 4 nitrogen and oxygen atoms in total. The van der Waals surface area contributed by atoms with Crippen LogP contribution in [-0.4, -0.2) is 23.5 Å². The van der Waals surface area contributed by atoms with Gasteiger partial charge in [0, 0.05) is 23.3 Å². The Hall–Kier alpha value is -2.14. The van der Waals surface area contributed by atoms with Gasteiger partial charge in [-0.1, -0.05) is 12.1 Å². The van der Waals surface area contributed by atoms with Gasteiger partial charge in [-0.15, -0.1) is 11.3 Å². The van der Waals surface area contributed by atoms with Crippen LogP contribution in [0, 0.1) is 12.8 Å². The van der Waals surface area contributed by atoms with Crippen molar-refractivity contribution in [1.29, 1.82) is 0 Å². The maximum atomic E-state index is 12.2. The maximum Gasteiger partial charge on any atom is 0.335 e. The summed E-state index contributed by atoms with van der Waals surface area (Å²) >= 11 is 1.74. The average molecular weight is 329 g/mol. The number of carboxylic acids is 1. The van der Waals surface area contributed by atoms with Crippen molar-refractivity contribution in [3.63, 3.8) is 0 Å². The minimum Gasteiger partial charge on any atom is -0.478 e. The van der Waals surface area contributed by atoms with Crippen molar-refractivity contribution in [3.8, 4) is 0 Å². The van der Waals surface area contributed by atoms with Crippen LogP contribution in [0.1, 0.15) is 38.7 Å². The zero-order valence-corrected chi connectivity index (χ0v) is 13.7. The number of hydrogen-bond acceptors (Lipinski definition) is 3. The Labute approximate surface area is 139 Å². The first-order chi connectivity index (χ1) is 11.1. The SMILES string of the molecule is Cc1ccsc1C1CC1C(=O)NCCc1ccc(C(=O)O)cc1. The predicted molar refractivity (Wildman–Crippen MR) is 90.0 cm³/mol. The molecule has 2 unspecified atom stereocenters. The number of carbonyl (C=O) groups is 2. The van der Waals surface area contributed by atoms with E-state index in [-0.39, 0.29) is 17.4 Å². The highest BCUT2D eigenvalue weighted by molar-refractivity contribution is 7.10. The van der Waals surface area contributed by atoms with Gasteiger partial charge in [0.1, 0.15) is 0 Å². The number of carbonyl (C=O) groups excluding carboxylic acids is 1. The van der Waals surface area contributed by atoms with Crippen molar-refractivity contribution < 1.29 is 14.7 Å². The fourth-order valence-corrected chi connectivity index (χ4v) is 3.92. The van der Waals surface area contributed by atoms with E-state index in [9.17, 15) is 9.59 Å². The number of nitrogens with one attached hydrogen (secondary N) is 1. The van der Waals surface area contributed by atoms with Crippen molar-refractivity contribution in [1.82, 2.24) is 5.32 Å². The van der Waals surface area contributed by atoms with Crippen molar-refractivity contribution >= 4 is 23.2 Å². The van der Waals surface area contributed by atoms with Crippen molar-refractivity contribution in [3.05, 3.63) is 57.3 Å². The van der Waals surface area contributed by atoms with Gasteiger partial charge >= 0.3 is 5.97 Å². The zero-order valence-electron chi connectivity index (χ0n) is 12.9. The van der Waals surface area contributed by atoms with E-state index in [1.807, 2.05) is 0 Å². The number of hydrogen-bond donors (Lipinski definition) is 2. The van der Waals surface area contributed by atoms with Crippen LogP contribution in [0.2, 0.25) is 0 Å². The largest absolute Gasteiger partial charge is 0.478 e. The second-order valence-corrected chi connectivity index (χ2v) is 6.91. The molecule has 120 valence electrons. The highest BCUT2D eigenvalue weighted by Crippen LogP contribution is 2.50. The van der Waals surface area contributed by atoms with Gasteiger partial charge in [0.2, 0.25) is 5.91 Å². The Kier molecular flexibility index (Phi) is 4.48. The Morgan fingerprint density at radius 1 is 1.26 bits per heavy atom. The fraction of sp³-hybridized carbons (Fsp3) is 0.333. The Balaban J connectivity index is 1.45. The van der Waals surface area contributed by atoms with E-state index < -0.39 is 5.97 Å². The summed E-state index contributed by atoms with van der Waals surface area (Å²) in [6.45, 7) is 2.68. The average Bonchev–Trinajstić information content (AvgIpc) is 3.22. The highest BCUT2D eigenvalue weighted by atomic mass is 32.1. The quantitative estimate of drug-likeness (QED) is 0.855. The number of amides is 1. The summed E-state index contributed by atoms with van der Waals surface area (Å²) in [5, 5.41) is 13.9. The Morgan fingerprint density at radius 3 is 2.61 bits per heavy atom. The first-order valence-electron chi connectivity index (χ1n) is 7.70. The fourth-order valence-electron chi connectivity index (χ4n) is 2.81. The maximum absolute atomic E-state index is 12.2. The summed E-state index contributed by atoms with van der Waals surface area (Å²) in [4.78, 5) is 24.3. The second kappa shape index (κ2) is 6.54. The van der Waals surface area contributed by atoms with E-state index in [0.29, 0.717) is 18.9 Å². The second-order valence-electron chi connectivity index (χ2n) is 5.96. The minimum absolute atomic E-state index is 0.113. The highest BCUT2D eigenvalue weighted by Gasteiger charge is 2.45. The van der Waals surface area contributed by atoms with E-state index in [1.54, 1.807) is 35.6 Å². The first-order valence-corrected chi connectivity index (χ1v) is 8.58. The van der Waals surface area contributed by atoms with Crippen molar-refractivity contribution in [2.24, 2.45) is 5.92 Å². The molecular weight excluding hydrogens is 310 g/mol. The van der Waals surface area contributed by atoms with Crippen LogP contribution in [0.3, 0.4) is 0 Å². The normalized spacial score (nSPS) is 19.3. The van der Waals surface area contributed by atoms with E-state index >= 15 is 0 Å². The van der Waals surface area contributed by atoms with Crippen LogP contribution < -0.4 is 5.32 Å². The molecule has 2 aromatic rings. The molecular formula is C18H19NO3S. The number of benzene rings is 1. The Morgan fingerprint density at radius 2 is 2.00 bits per heavy atom. The van der Waals surface area contributed by atoms with Gasteiger partial charge in [0.15, 0.2) is 0 Å². The number of thiophene rings is 1. The molecule has 1 amide bonds. The molecule has 5 heteroatoms. The molecule has 1 aliphatic carbocycles. The van der Waals surface area contributed by atoms with E-state index in [1.165, 1.54) is 10.4 Å². The van der Waals surface area contributed by atoms with Crippen LogP contribution in [0.5, 0.6) is 0 Å². The van der Waals surface area contributed by atoms with Gasteiger partial charge in [0.25, 0.3) is 0 Å². The van der Waals surface area contributed by atoms with Gasteiger partial charge < -0.3 is 10.4 Å². The van der Waals surface area contributed by atoms with Gasteiger partial charge in [-0.3, -0.25) is 4.79 Å². The first kappa shape index (κ1) is 15.7. The molecule has 2 N–H and O–H groups in total. The van der Waals surface area contributed by atoms with Crippen LogP contribution in [-0.2, 0) is 11.2 Å². The summed E-state index contributed by atoms with van der Waals surface area (Å²) in [6, 6.07) is 8.88. The lowest BCUT2D eigenvalue weighted by Gasteiger charge is -2.05. The van der Waals surface area contributed by atoms with Crippen molar-refractivity contribution in [2.45, 2.75) is 25.7 Å². The number of aromatic carboxylic acids is 1. The molecule has 1 aromatic heterocycles. The molecule has 0 bridgehead atoms. The topological polar surface area (TPSA) is 66.4 Å². The van der Waals surface area contributed by atoms with Gasteiger partial charge in [0.05, 0.1) is 5.56 Å². The molecule has 1 heterocycles. The summed E-state index contributed by atoms with van der Waals surface area (Å²) in [6.07, 6.45) is 1.65. The standard InChI is InChI=1S/C18H19NO3S/c1-11-7-9-23-16(11)14-10-15(14)17(20)19-8-6-12-2-4-13(5-3-12)18(21)22/h2-5,7,9,14-15H,6,8,10H2,1H3,(H,19,20)(H,21,22). The number of aryl methyl sites for hydroxylation is 1. The zero-order chi connectivity index (χ0) is 16.4. The minimum atomic E-state index is -0.923. The summed E-state index contributed by atoms with van der Waals surface area (Å²) in [5.41, 5.74) is 2.59. The van der Waals surface area contributed by atoms with E-state index in [0.717, 1.165) is 12.0 Å². The van der Waals surface area contributed by atoms with Crippen molar-refractivity contribution in [2.75, 3.05) is 6.54 Å². The third-order valence-corrected chi connectivity index (χ3v) is 5.43. The molecule has 0 saturated heterocycles. The summed E-state index contributed by atoms with van der Waals surface area (Å²) < 4.78 is 0. The third-order valence-electron chi connectivity index (χ3n) is 4.28. The molecule has 1 saturated carbocycles. The summed E-state index contributed by atoms with van der Waals surface area (Å²) in [5.74, 6) is -0.287. The molecule has 0 radical (unpaired) electrons. The smallest absolute Gasteiger partial charge is 0.335 e. The molecule has 0 aliphatic heterocycles. The number of carboxylic acid groups (broad SMARTS) is 1. The van der Waals surface area contributed by atoms with Gasteiger partial charge in [-0.05, 0) is 54.5 Å². The van der Waals surface area contributed by atoms with Gasteiger partial charge in [-0.2, -0.15) is 0 Å². The third kappa shape index (κ3) is 3.62. The van der Waals surface area contributed by atoms with Crippen LogP contribution in [0.25, 0.3) is 0 Å². The summed E-state index contributed by atoms with van der Waals surface area (Å²) in [7, 11) is 0. The Bertz CT molecular complexity index is 720. The van der Waals surface area contributed by atoms with Crippen LogP contribution in [0.15, 0.2) is 35.7 Å². The lowest BCUT2D eigenvalue weighted by molar-refractivity contribution is -0.122. The number of rotatable bonds is 6. The molecule has 1 fully saturated rings. The molecule has 1 aromatic carbocycles. The van der Waals surface area contributed by atoms with Crippen LogP contribution >= 0.6 is 11.3 Å². The predicted octanol–water partition coefficient (Wildman–Crippen LogP) is 3.22. The lowest BCUT2D eigenvalue weighted by atomic mass is 10.1. The van der Waals surface area contributed by atoms with Crippen LogP contribution in [0.4, 0.5) is 0 Å². The molecule has 23 heavy (non-hydrogen) atoms. The molecule has 2 atom stereocenters. The lowest BCUT2D eigenvalue weighted by Crippen LogP contribution is -2.27. The van der Waals surface area contributed by atoms with E-state index in [4.69, 9.17) is 5.11 Å². The molecule has 1 aliphatic rings.